The van der Waals surface area contributed by atoms with Crippen molar-refractivity contribution in [3.05, 3.63) is 65.2 Å². The van der Waals surface area contributed by atoms with Crippen molar-refractivity contribution in [2.75, 3.05) is 25.2 Å². The number of benzene rings is 2. The second-order valence-corrected chi connectivity index (χ2v) is 8.02. The van der Waals surface area contributed by atoms with Gasteiger partial charge in [-0.3, -0.25) is 4.79 Å². The van der Waals surface area contributed by atoms with E-state index in [0.29, 0.717) is 16.8 Å². The van der Waals surface area contributed by atoms with Crippen molar-refractivity contribution in [3.63, 3.8) is 0 Å². The normalized spacial score (nSPS) is 11.3. The lowest BCUT2D eigenvalue weighted by molar-refractivity contribution is -0.116. The van der Waals surface area contributed by atoms with Crippen molar-refractivity contribution >= 4 is 27.6 Å². The van der Waals surface area contributed by atoms with Gasteiger partial charge in [0, 0.05) is 12.2 Å². The third-order valence-electron chi connectivity index (χ3n) is 4.00. The molecule has 8 heteroatoms. The van der Waals surface area contributed by atoms with Crippen LogP contribution in [-0.2, 0) is 26.1 Å². The van der Waals surface area contributed by atoms with E-state index in [0.717, 1.165) is 16.1 Å². The zero-order valence-electron chi connectivity index (χ0n) is 15.4. The summed E-state index contributed by atoms with van der Waals surface area (Å²) in [5, 5.41) is 2.67. The molecule has 144 valence electrons. The highest BCUT2D eigenvalue weighted by Gasteiger charge is 2.21. The molecule has 1 amide bonds. The monoisotopic (exact) mass is 390 g/mol. The summed E-state index contributed by atoms with van der Waals surface area (Å²) in [4.78, 5) is 24.2. The number of carbonyl (C=O) groups excluding carboxylic acids is 2. The Morgan fingerprint density at radius 3 is 2.33 bits per heavy atom. The van der Waals surface area contributed by atoms with Crippen LogP contribution >= 0.6 is 0 Å². The number of esters is 1. The van der Waals surface area contributed by atoms with Crippen LogP contribution in [0.25, 0.3) is 0 Å². The number of amides is 1. The second-order valence-electron chi connectivity index (χ2n) is 6.03. The predicted molar refractivity (Wildman–Crippen MR) is 103 cm³/mol. The van der Waals surface area contributed by atoms with Crippen molar-refractivity contribution in [1.29, 1.82) is 0 Å². The van der Waals surface area contributed by atoms with E-state index in [1.807, 2.05) is 6.07 Å². The molecule has 0 saturated heterocycles. The first-order chi connectivity index (χ1) is 12.7. The molecule has 2 aromatic rings. The van der Waals surface area contributed by atoms with Gasteiger partial charge in [-0.25, -0.2) is 13.2 Å². The maximum atomic E-state index is 12.4. The van der Waals surface area contributed by atoms with Crippen LogP contribution < -0.4 is 5.32 Å². The standard InChI is InChI=1S/C19H22N2O5S/c1-14-16(19(23)26-2)10-7-11-17(14)20-18(22)13-21(27(3,24)25)12-15-8-5-4-6-9-15/h4-11H,12-13H2,1-3H3,(H,20,22). The number of ether oxygens (including phenoxy) is 1. The van der Waals surface area contributed by atoms with Crippen molar-refractivity contribution in [1.82, 2.24) is 4.31 Å². The number of anilines is 1. The Labute approximate surface area is 159 Å². The van der Waals surface area contributed by atoms with Crippen LogP contribution in [0.5, 0.6) is 0 Å². The van der Waals surface area contributed by atoms with Crippen LogP contribution in [0.1, 0.15) is 21.5 Å². The van der Waals surface area contributed by atoms with Crippen LogP contribution in [0.3, 0.4) is 0 Å². The van der Waals surface area contributed by atoms with Gasteiger partial charge in [0.05, 0.1) is 25.5 Å². The summed E-state index contributed by atoms with van der Waals surface area (Å²) in [7, 11) is -2.31. The molecule has 0 aliphatic carbocycles. The summed E-state index contributed by atoms with van der Waals surface area (Å²) >= 11 is 0. The molecule has 2 aromatic carbocycles. The topological polar surface area (TPSA) is 92.8 Å². The highest BCUT2D eigenvalue weighted by molar-refractivity contribution is 7.88. The van der Waals surface area contributed by atoms with E-state index >= 15 is 0 Å². The van der Waals surface area contributed by atoms with Crippen molar-refractivity contribution in [2.24, 2.45) is 0 Å². The SMILES string of the molecule is COC(=O)c1cccc(NC(=O)CN(Cc2ccccc2)S(C)(=O)=O)c1C. The van der Waals surface area contributed by atoms with Gasteiger partial charge in [-0.1, -0.05) is 36.4 Å². The van der Waals surface area contributed by atoms with Gasteiger partial charge in [0.1, 0.15) is 0 Å². The summed E-state index contributed by atoms with van der Waals surface area (Å²) in [6.07, 6.45) is 1.06. The number of carbonyl (C=O) groups is 2. The van der Waals surface area contributed by atoms with Crippen LogP contribution in [-0.4, -0.2) is 44.5 Å². The molecule has 0 bridgehead atoms. The number of hydrogen-bond acceptors (Lipinski definition) is 5. The zero-order chi connectivity index (χ0) is 20.0. The molecule has 0 heterocycles. The maximum absolute atomic E-state index is 12.4. The second kappa shape index (κ2) is 8.79. The lowest BCUT2D eigenvalue weighted by Crippen LogP contribution is -2.37. The van der Waals surface area contributed by atoms with Crippen molar-refractivity contribution in [2.45, 2.75) is 13.5 Å². The van der Waals surface area contributed by atoms with Gasteiger partial charge in [0.25, 0.3) is 0 Å². The minimum atomic E-state index is -3.59. The summed E-state index contributed by atoms with van der Waals surface area (Å²) in [6, 6.07) is 13.9. The Morgan fingerprint density at radius 1 is 1.07 bits per heavy atom. The molecule has 2 rings (SSSR count). The van der Waals surface area contributed by atoms with Gasteiger partial charge in [-0.05, 0) is 30.2 Å². The summed E-state index contributed by atoms with van der Waals surface area (Å²) < 4.78 is 29.9. The van der Waals surface area contributed by atoms with E-state index in [2.05, 4.69) is 5.32 Å². The molecule has 0 aliphatic heterocycles. The highest BCUT2D eigenvalue weighted by Crippen LogP contribution is 2.20. The third kappa shape index (κ3) is 5.63. The average Bonchev–Trinajstić information content (AvgIpc) is 2.62. The number of sulfonamides is 1. The summed E-state index contributed by atoms with van der Waals surface area (Å²) in [6.45, 7) is 1.43. The molecule has 0 fully saturated rings. The highest BCUT2D eigenvalue weighted by atomic mass is 32.2. The van der Waals surface area contributed by atoms with E-state index in [9.17, 15) is 18.0 Å². The molecule has 7 nitrogen and oxygen atoms in total. The third-order valence-corrected chi connectivity index (χ3v) is 5.20. The van der Waals surface area contributed by atoms with Crippen LogP contribution in [0.2, 0.25) is 0 Å². The van der Waals surface area contributed by atoms with Crippen molar-refractivity contribution < 1.29 is 22.7 Å². The van der Waals surface area contributed by atoms with Gasteiger partial charge in [-0.2, -0.15) is 4.31 Å². The molecule has 0 unspecified atom stereocenters. The predicted octanol–water partition coefficient (Wildman–Crippen LogP) is 2.18. The molecule has 0 radical (unpaired) electrons. The van der Waals surface area contributed by atoms with E-state index < -0.39 is 21.9 Å². The Bertz CT molecular complexity index is 926. The fourth-order valence-electron chi connectivity index (χ4n) is 2.53. The largest absolute Gasteiger partial charge is 0.465 e. The molecule has 0 aliphatic rings. The number of nitrogens with one attached hydrogen (secondary N) is 1. The van der Waals surface area contributed by atoms with E-state index in [1.165, 1.54) is 7.11 Å². The van der Waals surface area contributed by atoms with E-state index in [1.54, 1.807) is 49.4 Å². The summed E-state index contributed by atoms with van der Waals surface area (Å²) in [5.41, 5.74) is 2.09. The molecule has 1 N–H and O–H groups in total. The Kier molecular flexibility index (Phi) is 6.70. The molecule has 0 aromatic heterocycles. The summed E-state index contributed by atoms with van der Waals surface area (Å²) in [5.74, 6) is -1.01. The average molecular weight is 390 g/mol. The van der Waals surface area contributed by atoms with Gasteiger partial charge in [0.15, 0.2) is 0 Å². The minimum absolute atomic E-state index is 0.0915. The quantitative estimate of drug-likeness (QED) is 0.732. The van der Waals surface area contributed by atoms with Crippen LogP contribution in [0.15, 0.2) is 48.5 Å². The Hall–Kier alpha value is -2.71. The van der Waals surface area contributed by atoms with Crippen molar-refractivity contribution in [3.8, 4) is 0 Å². The fourth-order valence-corrected chi connectivity index (χ4v) is 3.26. The number of rotatable bonds is 7. The molecular weight excluding hydrogens is 368 g/mol. The fraction of sp³-hybridized carbons (Fsp3) is 0.263. The first kappa shape index (κ1) is 20.6. The van der Waals surface area contributed by atoms with Gasteiger partial charge in [-0.15, -0.1) is 0 Å². The first-order valence-corrected chi connectivity index (χ1v) is 10.0. The number of nitrogens with zero attached hydrogens (tertiary/aromatic N) is 1. The van der Waals surface area contributed by atoms with Crippen LogP contribution in [0.4, 0.5) is 5.69 Å². The van der Waals surface area contributed by atoms with Gasteiger partial charge >= 0.3 is 5.97 Å². The number of methoxy groups -OCH3 is 1. The number of hydrogen-bond donors (Lipinski definition) is 1. The lowest BCUT2D eigenvalue weighted by atomic mass is 10.1. The smallest absolute Gasteiger partial charge is 0.338 e. The zero-order valence-corrected chi connectivity index (χ0v) is 16.2. The van der Waals surface area contributed by atoms with Gasteiger partial charge in [0.2, 0.25) is 15.9 Å². The molecule has 0 saturated carbocycles. The lowest BCUT2D eigenvalue weighted by Gasteiger charge is -2.20. The van der Waals surface area contributed by atoms with E-state index in [-0.39, 0.29) is 13.1 Å². The Balaban J connectivity index is 2.16. The van der Waals surface area contributed by atoms with E-state index in [4.69, 9.17) is 4.74 Å². The molecule has 0 spiro atoms. The Morgan fingerprint density at radius 2 is 1.74 bits per heavy atom. The maximum Gasteiger partial charge on any atom is 0.338 e. The first-order valence-electron chi connectivity index (χ1n) is 8.19. The molecule has 27 heavy (non-hydrogen) atoms. The van der Waals surface area contributed by atoms with Gasteiger partial charge < -0.3 is 10.1 Å². The molecular formula is C19H22N2O5S. The molecule has 0 atom stereocenters. The minimum Gasteiger partial charge on any atom is -0.465 e. The van der Waals surface area contributed by atoms with Crippen LogP contribution in [0, 0.1) is 6.92 Å².